The molecule has 1 N–H and O–H groups in total. The van der Waals surface area contributed by atoms with Crippen LogP contribution in [0.3, 0.4) is 0 Å². The Kier molecular flexibility index (Phi) is 5.71. The molecule has 1 aromatic carbocycles. The molecule has 1 atom stereocenters. The molecule has 2 aliphatic carbocycles. The van der Waals surface area contributed by atoms with Gasteiger partial charge in [0.1, 0.15) is 0 Å². The van der Waals surface area contributed by atoms with Gasteiger partial charge in [-0.15, -0.1) is 4.36 Å². The van der Waals surface area contributed by atoms with Crippen LogP contribution in [0.25, 0.3) is 0 Å². The van der Waals surface area contributed by atoms with Gasteiger partial charge in [0.05, 0.1) is 0 Å². The van der Waals surface area contributed by atoms with E-state index in [1.54, 1.807) is 12.3 Å². The van der Waals surface area contributed by atoms with Gasteiger partial charge in [-0.05, 0) is 86.5 Å². The Balaban J connectivity index is 1.64. The summed E-state index contributed by atoms with van der Waals surface area (Å²) in [6, 6.07) is 5.05. The second kappa shape index (κ2) is 8.28. The van der Waals surface area contributed by atoms with Gasteiger partial charge in [0, 0.05) is 25.1 Å². The van der Waals surface area contributed by atoms with Crippen LogP contribution in [0.2, 0.25) is 0 Å². The van der Waals surface area contributed by atoms with Gasteiger partial charge in [0.25, 0.3) is 0 Å². The summed E-state index contributed by atoms with van der Waals surface area (Å²) in [4.78, 5) is 19.0. The van der Waals surface area contributed by atoms with E-state index in [-0.39, 0.29) is 5.03 Å². The first-order valence-electron chi connectivity index (χ1n) is 10.2. The minimum absolute atomic E-state index is 0.138. The van der Waals surface area contributed by atoms with E-state index in [4.69, 9.17) is 0 Å². The fraction of sp³-hybridized carbons (Fsp3) is 0.409. The van der Waals surface area contributed by atoms with Gasteiger partial charge < -0.3 is 10.2 Å². The Morgan fingerprint density at radius 1 is 1.17 bits per heavy atom. The maximum atomic E-state index is 13.2. The zero-order valence-electron chi connectivity index (χ0n) is 17.5. The van der Waals surface area contributed by atoms with E-state index in [0.717, 1.165) is 49.8 Å². The zero-order valence-corrected chi connectivity index (χ0v) is 18.3. The van der Waals surface area contributed by atoms with Crippen LogP contribution in [0.15, 0.2) is 38.2 Å². The molecule has 2 aromatic rings. The van der Waals surface area contributed by atoms with E-state index < -0.39 is 15.9 Å². The van der Waals surface area contributed by atoms with Gasteiger partial charge in [-0.1, -0.05) is 12.1 Å². The van der Waals surface area contributed by atoms with Gasteiger partial charge in [-0.3, -0.25) is 0 Å². The Labute approximate surface area is 177 Å². The lowest BCUT2D eigenvalue weighted by Gasteiger charge is -2.15. The number of fused-ring (bicyclic) bond motifs is 2. The molecule has 1 heterocycles. The summed E-state index contributed by atoms with van der Waals surface area (Å²) >= 11 is 0. The summed E-state index contributed by atoms with van der Waals surface area (Å²) in [5.41, 5.74) is 6.85. The molecule has 7 nitrogen and oxygen atoms in total. The van der Waals surface area contributed by atoms with Crippen LogP contribution in [-0.4, -0.2) is 40.9 Å². The van der Waals surface area contributed by atoms with Crippen molar-refractivity contribution in [3.8, 4) is 0 Å². The number of aryl methyl sites for hydroxylation is 2. The van der Waals surface area contributed by atoms with Crippen LogP contribution in [0, 0.1) is 0 Å². The molecule has 0 saturated heterocycles. The fourth-order valence-electron chi connectivity index (χ4n) is 4.38. The van der Waals surface area contributed by atoms with Crippen LogP contribution in [0.5, 0.6) is 0 Å². The molecule has 158 valence electrons. The Bertz CT molecular complexity index is 1080. The Morgan fingerprint density at radius 3 is 2.37 bits per heavy atom. The smallest absolute Gasteiger partial charge is 0.305 e. The molecule has 0 spiro atoms. The van der Waals surface area contributed by atoms with Crippen molar-refractivity contribution in [2.75, 3.05) is 19.4 Å². The van der Waals surface area contributed by atoms with E-state index in [9.17, 15) is 9.00 Å². The minimum atomic E-state index is -3.40. The highest BCUT2D eigenvalue weighted by Gasteiger charge is 2.25. The predicted molar refractivity (Wildman–Crippen MR) is 120 cm³/mol. The first-order chi connectivity index (χ1) is 14.4. The molecule has 2 aliphatic rings. The van der Waals surface area contributed by atoms with Gasteiger partial charge >= 0.3 is 6.03 Å². The zero-order chi connectivity index (χ0) is 21.3. The van der Waals surface area contributed by atoms with Crippen LogP contribution < -0.4 is 5.32 Å². The lowest BCUT2D eigenvalue weighted by atomic mass is 9.99. The standard InChI is InChI=1S/C22H27N5O2S/c1-23-30(29,20-11-10-15(13-24-20)14-27(2)3)26-22(28)25-21-18-8-4-6-16(18)12-17-7-5-9-19(17)21/h10-13H,1,4-9,14H2,2-3H3,(H,25,28). The van der Waals surface area contributed by atoms with E-state index >= 15 is 0 Å². The number of amides is 2. The van der Waals surface area contributed by atoms with Crippen LogP contribution >= 0.6 is 0 Å². The maximum absolute atomic E-state index is 13.2. The number of rotatable bonds is 5. The molecule has 1 unspecified atom stereocenters. The number of carbonyl (C=O) groups is 1. The van der Waals surface area contributed by atoms with Gasteiger partial charge in [-0.2, -0.15) is 4.40 Å². The molecule has 0 aliphatic heterocycles. The highest BCUT2D eigenvalue weighted by atomic mass is 32.2. The lowest BCUT2D eigenvalue weighted by molar-refractivity contribution is 0.260. The second-order valence-electron chi connectivity index (χ2n) is 8.12. The van der Waals surface area contributed by atoms with Crippen molar-refractivity contribution in [1.29, 1.82) is 0 Å². The summed E-state index contributed by atoms with van der Waals surface area (Å²) in [7, 11) is 0.519. The summed E-state index contributed by atoms with van der Waals surface area (Å²) in [6.45, 7) is 4.11. The van der Waals surface area contributed by atoms with Crippen molar-refractivity contribution in [2.24, 2.45) is 8.76 Å². The largest absolute Gasteiger partial charge is 0.355 e. The number of hydrogen-bond donors (Lipinski definition) is 1. The van der Waals surface area contributed by atoms with E-state index in [1.807, 2.05) is 25.1 Å². The van der Waals surface area contributed by atoms with Gasteiger partial charge in [0.2, 0.25) is 9.92 Å². The van der Waals surface area contributed by atoms with E-state index in [0.29, 0.717) is 6.54 Å². The van der Waals surface area contributed by atoms with Crippen molar-refractivity contribution in [3.63, 3.8) is 0 Å². The summed E-state index contributed by atoms with van der Waals surface area (Å²) in [5, 5.41) is 3.07. The third-order valence-electron chi connectivity index (χ3n) is 5.66. The fourth-order valence-corrected chi connectivity index (χ4v) is 5.37. The van der Waals surface area contributed by atoms with Crippen molar-refractivity contribution < 1.29 is 9.00 Å². The number of anilines is 1. The lowest BCUT2D eigenvalue weighted by Crippen LogP contribution is -2.14. The number of pyridine rings is 1. The molecule has 1 aromatic heterocycles. The van der Waals surface area contributed by atoms with Crippen molar-refractivity contribution in [1.82, 2.24) is 9.88 Å². The van der Waals surface area contributed by atoms with Crippen LogP contribution in [-0.2, 0) is 42.1 Å². The van der Waals surface area contributed by atoms with Crippen LogP contribution in [0.1, 0.15) is 40.7 Å². The number of hydrogen-bond acceptors (Lipinski definition) is 4. The summed E-state index contributed by atoms with van der Waals surface area (Å²) in [6.07, 6.45) is 7.78. The molecule has 0 radical (unpaired) electrons. The average molecular weight is 426 g/mol. The molecule has 0 saturated carbocycles. The summed E-state index contributed by atoms with van der Waals surface area (Å²) in [5.74, 6) is 0. The molecule has 4 rings (SSSR count). The number of benzene rings is 1. The number of nitrogens with zero attached hydrogens (tertiary/aromatic N) is 4. The van der Waals surface area contributed by atoms with Crippen molar-refractivity contribution in [2.45, 2.75) is 50.1 Å². The molecule has 30 heavy (non-hydrogen) atoms. The maximum Gasteiger partial charge on any atom is 0.355 e. The highest BCUT2D eigenvalue weighted by Crippen LogP contribution is 2.38. The van der Waals surface area contributed by atoms with Crippen LogP contribution in [0.4, 0.5) is 10.5 Å². The van der Waals surface area contributed by atoms with E-state index in [1.165, 1.54) is 22.3 Å². The molecule has 2 amide bonds. The highest BCUT2D eigenvalue weighted by molar-refractivity contribution is 7.92. The topological polar surface area (TPSA) is 87.0 Å². The predicted octanol–water partition coefficient (Wildman–Crippen LogP) is 3.80. The minimum Gasteiger partial charge on any atom is -0.305 e. The SMILES string of the molecule is C=NS(=O)(=NC(=O)Nc1c2c(cc3c1CCC3)CCC2)c1ccc(CN(C)C)cn1. The number of nitrogens with one attached hydrogen (secondary N) is 1. The third kappa shape index (κ3) is 4.02. The first-order valence-corrected chi connectivity index (χ1v) is 11.7. The summed E-state index contributed by atoms with van der Waals surface area (Å²) < 4.78 is 20.8. The Hall–Kier alpha value is -2.58. The molecule has 0 bridgehead atoms. The number of aromatic nitrogens is 1. The molecular weight excluding hydrogens is 398 g/mol. The molecule has 0 fully saturated rings. The van der Waals surface area contributed by atoms with Crippen molar-refractivity contribution in [3.05, 3.63) is 52.2 Å². The Morgan fingerprint density at radius 2 is 1.83 bits per heavy atom. The third-order valence-corrected chi connectivity index (χ3v) is 7.21. The van der Waals surface area contributed by atoms with Crippen molar-refractivity contribution >= 4 is 28.4 Å². The number of urea groups is 1. The monoisotopic (exact) mass is 425 g/mol. The van der Waals surface area contributed by atoms with Gasteiger partial charge in [-0.25, -0.2) is 14.0 Å². The quantitative estimate of drug-likeness (QED) is 0.738. The molecule has 8 heteroatoms. The normalized spacial score (nSPS) is 16.6. The first kappa shape index (κ1) is 20.7. The molecular formula is C22H27N5O2S. The second-order valence-corrected chi connectivity index (χ2v) is 9.98. The average Bonchev–Trinajstić information content (AvgIpc) is 3.37. The van der Waals surface area contributed by atoms with Gasteiger partial charge in [0.15, 0.2) is 5.03 Å². The number of carbonyl (C=O) groups excluding carboxylic acids is 1. The van der Waals surface area contributed by atoms with E-state index in [2.05, 4.69) is 31.8 Å².